The molecule has 1 fully saturated rings. The maximum Gasteiger partial charge on any atom is 0.238 e. The van der Waals surface area contributed by atoms with Crippen molar-refractivity contribution in [2.75, 3.05) is 38.2 Å². The van der Waals surface area contributed by atoms with E-state index in [0.29, 0.717) is 6.42 Å². The van der Waals surface area contributed by atoms with Crippen LogP contribution in [0, 0.1) is 0 Å². The average Bonchev–Trinajstić information content (AvgIpc) is 2.64. The summed E-state index contributed by atoms with van der Waals surface area (Å²) in [5.74, 6) is 0.824. The second-order valence-corrected chi connectivity index (χ2v) is 5.87. The number of ether oxygens (including phenoxy) is 1. The molecule has 0 saturated carbocycles. The van der Waals surface area contributed by atoms with Crippen LogP contribution in [0.3, 0.4) is 0 Å². The van der Waals surface area contributed by atoms with Crippen molar-refractivity contribution in [2.24, 2.45) is 0 Å². The van der Waals surface area contributed by atoms with Crippen molar-refractivity contribution in [3.8, 4) is 5.75 Å². The molecule has 2 aromatic carbocycles. The van der Waals surface area contributed by atoms with Crippen LogP contribution in [0.4, 0.5) is 5.69 Å². The van der Waals surface area contributed by atoms with Gasteiger partial charge in [0.2, 0.25) is 5.91 Å². The lowest BCUT2D eigenvalue weighted by molar-refractivity contribution is -0.125. The lowest BCUT2D eigenvalue weighted by atomic mass is 10.1. The second-order valence-electron chi connectivity index (χ2n) is 5.87. The van der Waals surface area contributed by atoms with Crippen LogP contribution in [0.1, 0.15) is 5.56 Å². The Morgan fingerprint density at radius 2 is 1.67 bits per heavy atom. The first-order valence-electron chi connectivity index (χ1n) is 8.22. The van der Waals surface area contributed by atoms with Gasteiger partial charge in [0.1, 0.15) is 5.75 Å². The Morgan fingerprint density at radius 1 is 1.00 bits per heavy atom. The summed E-state index contributed by atoms with van der Waals surface area (Å²) in [4.78, 5) is 14.5. The number of para-hydroxylation sites is 1. The molecule has 0 spiro atoms. The number of anilines is 1. The van der Waals surface area contributed by atoms with E-state index in [2.05, 4.69) is 34.6 Å². The van der Waals surface area contributed by atoms with E-state index in [1.54, 1.807) is 7.11 Å². The maximum absolute atomic E-state index is 12.2. The molecular weight excluding hydrogens is 302 g/mol. The van der Waals surface area contributed by atoms with Crippen molar-refractivity contribution in [3.05, 3.63) is 60.2 Å². The zero-order valence-corrected chi connectivity index (χ0v) is 13.9. The molecule has 126 valence electrons. The van der Waals surface area contributed by atoms with Crippen molar-refractivity contribution in [2.45, 2.75) is 6.42 Å². The van der Waals surface area contributed by atoms with Crippen LogP contribution in [0.25, 0.3) is 0 Å². The topological polar surface area (TPSA) is 44.8 Å². The number of hydrogen-bond acceptors (Lipinski definition) is 4. The van der Waals surface area contributed by atoms with Gasteiger partial charge >= 0.3 is 0 Å². The minimum absolute atomic E-state index is 0.0216. The summed E-state index contributed by atoms with van der Waals surface area (Å²) < 4.78 is 5.13. The molecule has 0 aromatic heterocycles. The normalized spacial score (nSPS) is 15.1. The average molecular weight is 325 g/mol. The van der Waals surface area contributed by atoms with Crippen LogP contribution in [-0.4, -0.2) is 44.2 Å². The summed E-state index contributed by atoms with van der Waals surface area (Å²) in [6.07, 6.45) is 0.378. The molecule has 0 bridgehead atoms. The summed E-state index contributed by atoms with van der Waals surface area (Å²) >= 11 is 0. The summed E-state index contributed by atoms with van der Waals surface area (Å²) in [6.45, 7) is 3.46. The monoisotopic (exact) mass is 325 g/mol. The van der Waals surface area contributed by atoms with E-state index in [9.17, 15) is 4.79 Å². The molecule has 24 heavy (non-hydrogen) atoms. The molecule has 1 aliphatic heterocycles. The second kappa shape index (κ2) is 7.84. The largest absolute Gasteiger partial charge is 0.497 e. The first-order valence-corrected chi connectivity index (χ1v) is 8.22. The van der Waals surface area contributed by atoms with E-state index >= 15 is 0 Å². The minimum Gasteiger partial charge on any atom is -0.497 e. The highest BCUT2D eigenvalue weighted by Gasteiger charge is 2.18. The van der Waals surface area contributed by atoms with Gasteiger partial charge < -0.3 is 9.64 Å². The molecule has 0 unspecified atom stereocenters. The first kappa shape index (κ1) is 16.3. The third kappa shape index (κ3) is 4.26. The molecule has 5 nitrogen and oxygen atoms in total. The Bertz CT molecular complexity index is 650. The fourth-order valence-corrected chi connectivity index (χ4v) is 2.86. The van der Waals surface area contributed by atoms with Gasteiger partial charge in [-0.25, -0.2) is 5.01 Å². The predicted octanol–water partition coefficient (Wildman–Crippen LogP) is 2.09. The van der Waals surface area contributed by atoms with E-state index in [0.717, 1.165) is 37.5 Å². The molecule has 2 aromatic rings. The molecule has 1 saturated heterocycles. The van der Waals surface area contributed by atoms with E-state index < -0.39 is 0 Å². The fourth-order valence-electron chi connectivity index (χ4n) is 2.86. The molecule has 1 heterocycles. The van der Waals surface area contributed by atoms with Crippen LogP contribution in [-0.2, 0) is 11.2 Å². The summed E-state index contributed by atoms with van der Waals surface area (Å²) in [5, 5.41) is 2.01. The highest BCUT2D eigenvalue weighted by Crippen LogP contribution is 2.15. The van der Waals surface area contributed by atoms with Crippen molar-refractivity contribution in [3.63, 3.8) is 0 Å². The molecular formula is C19H23N3O2. The third-order valence-corrected chi connectivity index (χ3v) is 4.21. The molecule has 0 aliphatic carbocycles. The van der Waals surface area contributed by atoms with Crippen molar-refractivity contribution < 1.29 is 9.53 Å². The number of benzene rings is 2. The van der Waals surface area contributed by atoms with Gasteiger partial charge in [-0.2, -0.15) is 0 Å². The summed E-state index contributed by atoms with van der Waals surface area (Å²) in [5.41, 5.74) is 5.22. The van der Waals surface area contributed by atoms with Gasteiger partial charge in [-0.3, -0.25) is 10.2 Å². The number of hydrogen-bond donors (Lipinski definition) is 1. The van der Waals surface area contributed by atoms with E-state index in [1.165, 1.54) is 5.69 Å². The van der Waals surface area contributed by atoms with Crippen LogP contribution < -0.4 is 15.1 Å². The van der Waals surface area contributed by atoms with Crippen LogP contribution in [0.15, 0.2) is 54.6 Å². The Balaban J connectivity index is 1.46. The fraction of sp³-hybridized carbons (Fsp3) is 0.316. The molecule has 1 aliphatic rings. The quantitative estimate of drug-likeness (QED) is 0.914. The number of methoxy groups -OCH3 is 1. The van der Waals surface area contributed by atoms with Gasteiger partial charge in [0.25, 0.3) is 0 Å². The Hall–Kier alpha value is -2.53. The van der Waals surface area contributed by atoms with Crippen LogP contribution >= 0.6 is 0 Å². The van der Waals surface area contributed by atoms with Gasteiger partial charge in [-0.1, -0.05) is 30.3 Å². The van der Waals surface area contributed by atoms with Gasteiger partial charge in [0.05, 0.1) is 13.5 Å². The number of piperazine rings is 1. The number of rotatable bonds is 5. The lowest BCUT2D eigenvalue weighted by Gasteiger charge is -2.36. The minimum atomic E-state index is 0.0216. The van der Waals surface area contributed by atoms with E-state index in [4.69, 9.17) is 4.74 Å². The SMILES string of the molecule is COc1ccc(CC(=O)NN2CCN(c3ccccc3)CC2)cc1. The molecule has 5 heteroatoms. The van der Waals surface area contributed by atoms with E-state index in [1.807, 2.05) is 35.3 Å². The number of hydrazine groups is 1. The highest BCUT2D eigenvalue weighted by molar-refractivity contribution is 5.78. The zero-order chi connectivity index (χ0) is 16.8. The van der Waals surface area contributed by atoms with Gasteiger partial charge in [-0.15, -0.1) is 0 Å². The standard InChI is InChI=1S/C19H23N3O2/c1-24-18-9-7-16(8-10-18)15-19(23)20-22-13-11-21(12-14-22)17-5-3-2-4-6-17/h2-10H,11-15H2,1H3,(H,20,23). The molecule has 1 amide bonds. The van der Waals surface area contributed by atoms with Gasteiger partial charge in [0, 0.05) is 31.9 Å². The molecule has 0 atom stereocenters. The number of carbonyl (C=O) groups is 1. The van der Waals surface area contributed by atoms with Crippen molar-refractivity contribution in [1.29, 1.82) is 0 Å². The predicted molar refractivity (Wildman–Crippen MR) is 95.1 cm³/mol. The summed E-state index contributed by atoms with van der Waals surface area (Å²) in [7, 11) is 1.64. The van der Waals surface area contributed by atoms with Gasteiger partial charge in [0.15, 0.2) is 0 Å². The molecule has 1 N–H and O–H groups in total. The van der Waals surface area contributed by atoms with E-state index in [-0.39, 0.29) is 5.91 Å². The smallest absolute Gasteiger partial charge is 0.238 e. The number of carbonyl (C=O) groups excluding carboxylic acids is 1. The van der Waals surface area contributed by atoms with Crippen LogP contribution in [0.2, 0.25) is 0 Å². The Kier molecular flexibility index (Phi) is 5.33. The van der Waals surface area contributed by atoms with Crippen LogP contribution in [0.5, 0.6) is 5.75 Å². The Labute approximate surface area is 142 Å². The third-order valence-electron chi connectivity index (χ3n) is 4.21. The maximum atomic E-state index is 12.2. The molecule has 0 radical (unpaired) electrons. The van der Waals surface area contributed by atoms with Crippen molar-refractivity contribution >= 4 is 11.6 Å². The Morgan fingerprint density at radius 3 is 2.29 bits per heavy atom. The molecule has 3 rings (SSSR count). The van der Waals surface area contributed by atoms with Crippen molar-refractivity contribution in [1.82, 2.24) is 10.4 Å². The number of amides is 1. The lowest BCUT2D eigenvalue weighted by Crippen LogP contribution is -2.54. The summed E-state index contributed by atoms with van der Waals surface area (Å²) in [6, 6.07) is 18.0. The zero-order valence-electron chi connectivity index (χ0n) is 13.9. The highest BCUT2D eigenvalue weighted by atomic mass is 16.5. The number of nitrogens with one attached hydrogen (secondary N) is 1. The first-order chi connectivity index (χ1) is 11.7. The van der Waals surface area contributed by atoms with Gasteiger partial charge in [-0.05, 0) is 29.8 Å². The number of nitrogens with zero attached hydrogens (tertiary/aromatic N) is 2.